The lowest BCUT2D eigenvalue weighted by Crippen LogP contribution is -2.07. The molecule has 98 valence electrons. The molecule has 0 saturated carbocycles. The van der Waals surface area contributed by atoms with Crippen LogP contribution in [0.4, 0.5) is 0 Å². The van der Waals surface area contributed by atoms with Crippen molar-refractivity contribution in [2.24, 2.45) is 5.10 Å². The van der Waals surface area contributed by atoms with Crippen LogP contribution in [0, 0.1) is 0 Å². The van der Waals surface area contributed by atoms with Gasteiger partial charge in [0, 0.05) is 16.9 Å². The van der Waals surface area contributed by atoms with Gasteiger partial charge in [-0.25, -0.2) is 0 Å². The van der Waals surface area contributed by atoms with Crippen LogP contribution in [0.25, 0.3) is 10.8 Å². The number of hydrogen-bond donors (Lipinski definition) is 1. The van der Waals surface area contributed by atoms with Gasteiger partial charge in [0.05, 0.1) is 11.8 Å². The summed E-state index contributed by atoms with van der Waals surface area (Å²) in [7, 11) is 0. The number of nitrogens with one attached hydrogen (secondary N) is 1. The first-order chi connectivity index (χ1) is 9.92. The Labute approximate surface area is 121 Å². The van der Waals surface area contributed by atoms with Crippen molar-refractivity contribution in [2.45, 2.75) is 12.5 Å². The van der Waals surface area contributed by atoms with E-state index in [0.717, 1.165) is 12.1 Å². The molecule has 2 heterocycles. The minimum absolute atomic E-state index is 0.323. The molecule has 1 aliphatic heterocycles. The van der Waals surface area contributed by atoms with Crippen molar-refractivity contribution in [1.29, 1.82) is 0 Å². The number of thiophene rings is 1. The maximum atomic E-state index is 4.57. The van der Waals surface area contributed by atoms with Gasteiger partial charge in [-0.1, -0.05) is 48.5 Å². The third-order valence-electron chi connectivity index (χ3n) is 3.74. The van der Waals surface area contributed by atoms with E-state index in [1.54, 1.807) is 11.3 Å². The van der Waals surface area contributed by atoms with Gasteiger partial charge in [0.25, 0.3) is 0 Å². The summed E-state index contributed by atoms with van der Waals surface area (Å²) in [5.74, 6) is 0. The van der Waals surface area contributed by atoms with Crippen molar-refractivity contribution >= 4 is 27.8 Å². The minimum Gasteiger partial charge on any atom is -0.301 e. The number of benzene rings is 2. The van der Waals surface area contributed by atoms with Crippen molar-refractivity contribution in [1.82, 2.24) is 5.43 Å². The van der Waals surface area contributed by atoms with Gasteiger partial charge in [0.15, 0.2) is 0 Å². The molecule has 1 atom stereocenters. The number of rotatable bonds is 2. The van der Waals surface area contributed by atoms with E-state index in [-0.39, 0.29) is 0 Å². The normalized spacial score (nSPS) is 18.0. The molecular formula is C17H14N2S. The first-order valence-corrected chi connectivity index (χ1v) is 7.63. The van der Waals surface area contributed by atoms with Gasteiger partial charge in [-0.15, -0.1) is 11.3 Å². The Morgan fingerprint density at radius 1 is 1.00 bits per heavy atom. The topological polar surface area (TPSA) is 24.4 Å². The Morgan fingerprint density at radius 3 is 2.80 bits per heavy atom. The largest absolute Gasteiger partial charge is 0.301 e. The number of hydrazone groups is 1. The van der Waals surface area contributed by atoms with E-state index < -0.39 is 0 Å². The van der Waals surface area contributed by atoms with Gasteiger partial charge in [-0.05, 0) is 22.2 Å². The fourth-order valence-corrected chi connectivity index (χ4v) is 3.51. The predicted octanol–water partition coefficient (Wildman–Crippen LogP) is 4.34. The highest BCUT2D eigenvalue weighted by atomic mass is 32.1. The second-order valence-corrected chi connectivity index (χ2v) is 5.97. The average Bonchev–Trinajstić information content (AvgIpc) is 3.17. The molecule has 1 aromatic heterocycles. The molecule has 0 amide bonds. The summed E-state index contributed by atoms with van der Waals surface area (Å²) < 4.78 is 0. The average molecular weight is 278 g/mol. The van der Waals surface area contributed by atoms with Gasteiger partial charge in [-0.2, -0.15) is 5.10 Å². The summed E-state index contributed by atoms with van der Waals surface area (Å²) in [5, 5.41) is 9.24. The van der Waals surface area contributed by atoms with Crippen LogP contribution in [0.1, 0.15) is 22.9 Å². The zero-order valence-electron chi connectivity index (χ0n) is 10.9. The Balaban J connectivity index is 1.71. The summed E-state index contributed by atoms with van der Waals surface area (Å²) >= 11 is 1.79. The SMILES string of the molecule is c1csc(C2CC(c3cccc4ccccc34)=NN2)c1. The van der Waals surface area contributed by atoms with Crippen molar-refractivity contribution in [3.05, 3.63) is 70.4 Å². The van der Waals surface area contributed by atoms with Crippen molar-refractivity contribution in [3.63, 3.8) is 0 Å². The molecule has 2 aromatic carbocycles. The Bertz CT molecular complexity index is 769. The molecule has 0 saturated heterocycles. The lowest BCUT2D eigenvalue weighted by atomic mass is 9.97. The standard InChI is InChI=1S/C17H14N2S/c1-2-7-13-12(5-1)6-3-8-14(13)15-11-16(19-18-15)17-9-4-10-20-17/h1-10,16,19H,11H2. The van der Waals surface area contributed by atoms with E-state index in [1.807, 2.05) is 0 Å². The van der Waals surface area contributed by atoms with Crippen LogP contribution >= 0.6 is 11.3 Å². The highest BCUT2D eigenvalue weighted by molar-refractivity contribution is 7.10. The molecule has 0 spiro atoms. The van der Waals surface area contributed by atoms with Crippen LogP contribution in [-0.2, 0) is 0 Å². The summed E-state index contributed by atoms with van der Waals surface area (Å²) in [6.45, 7) is 0. The van der Waals surface area contributed by atoms with Gasteiger partial charge >= 0.3 is 0 Å². The quantitative estimate of drug-likeness (QED) is 0.741. The van der Waals surface area contributed by atoms with Crippen LogP contribution in [-0.4, -0.2) is 5.71 Å². The van der Waals surface area contributed by atoms with E-state index in [9.17, 15) is 0 Å². The molecule has 3 aromatic rings. The molecule has 0 bridgehead atoms. The smallest absolute Gasteiger partial charge is 0.0838 e. The van der Waals surface area contributed by atoms with Crippen molar-refractivity contribution in [3.8, 4) is 0 Å². The molecule has 0 radical (unpaired) electrons. The summed E-state index contributed by atoms with van der Waals surface area (Å²) in [6, 6.07) is 19.5. The molecule has 0 fully saturated rings. The lowest BCUT2D eigenvalue weighted by Gasteiger charge is -2.07. The number of fused-ring (bicyclic) bond motifs is 1. The van der Waals surface area contributed by atoms with Crippen molar-refractivity contribution in [2.75, 3.05) is 0 Å². The fourth-order valence-electron chi connectivity index (χ4n) is 2.74. The summed E-state index contributed by atoms with van der Waals surface area (Å²) in [4.78, 5) is 1.35. The fraction of sp³-hybridized carbons (Fsp3) is 0.118. The van der Waals surface area contributed by atoms with Gasteiger partial charge < -0.3 is 5.43 Å². The first kappa shape index (κ1) is 11.7. The van der Waals surface area contributed by atoms with Crippen LogP contribution in [0.5, 0.6) is 0 Å². The second kappa shape index (κ2) is 4.76. The van der Waals surface area contributed by atoms with E-state index >= 15 is 0 Å². The highest BCUT2D eigenvalue weighted by Crippen LogP contribution is 2.29. The first-order valence-electron chi connectivity index (χ1n) is 6.75. The summed E-state index contributed by atoms with van der Waals surface area (Å²) in [5.41, 5.74) is 5.67. The molecular weight excluding hydrogens is 264 g/mol. The lowest BCUT2D eigenvalue weighted by molar-refractivity contribution is 0.630. The molecule has 2 nitrogen and oxygen atoms in total. The second-order valence-electron chi connectivity index (χ2n) is 4.99. The molecule has 0 aliphatic carbocycles. The molecule has 1 aliphatic rings. The van der Waals surface area contributed by atoms with Gasteiger partial charge in [0.1, 0.15) is 0 Å². The predicted molar refractivity (Wildman–Crippen MR) is 85.3 cm³/mol. The van der Waals surface area contributed by atoms with Crippen LogP contribution in [0.15, 0.2) is 65.1 Å². The van der Waals surface area contributed by atoms with Gasteiger partial charge in [-0.3, -0.25) is 0 Å². The Kier molecular flexibility index (Phi) is 2.78. The highest BCUT2D eigenvalue weighted by Gasteiger charge is 2.22. The van der Waals surface area contributed by atoms with Crippen LogP contribution in [0.2, 0.25) is 0 Å². The summed E-state index contributed by atoms with van der Waals surface area (Å²) in [6.07, 6.45) is 0.953. The molecule has 3 heteroatoms. The molecule has 1 N–H and O–H groups in total. The molecule has 1 unspecified atom stereocenters. The maximum absolute atomic E-state index is 4.57. The zero-order chi connectivity index (χ0) is 13.4. The monoisotopic (exact) mass is 278 g/mol. The van der Waals surface area contributed by atoms with E-state index in [1.165, 1.54) is 21.2 Å². The van der Waals surface area contributed by atoms with E-state index in [0.29, 0.717) is 6.04 Å². The minimum atomic E-state index is 0.323. The molecule has 20 heavy (non-hydrogen) atoms. The van der Waals surface area contributed by atoms with E-state index in [4.69, 9.17) is 0 Å². The van der Waals surface area contributed by atoms with Crippen LogP contribution in [0.3, 0.4) is 0 Å². The number of hydrogen-bond acceptors (Lipinski definition) is 3. The number of nitrogens with zero attached hydrogens (tertiary/aromatic N) is 1. The Hall–Kier alpha value is -2.13. The Morgan fingerprint density at radius 2 is 1.90 bits per heavy atom. The third kappa shape index (κ3) is 1.91. The zero-order valence-corrected chi connectivity index (χ0v) is 11.7. The molecule has 4 rings (SSSR count). The van der Waals surface area contributed by atoms with Crippen LogP contribution < -0.4 is 5.43 Å². The van der Waals surface area contributed by atoms with Crippen molar-refractivity contribution < 1.29 is 0 Å². The van der Waals surface area contributed by atoms with E-state index in [2.05, 4.69) is 70.5 Å². The maximum Gasteiger partial charge on any atom is 0.0838 e. The van der Waals surface area contributed by atoms with Gasteiger partial charge in [0.2, 0.25) is 0 Å². The third-order valence-corrected chi connectivity index (χ3v) is 4.73.